The van der Waals surface area contributed by atoms with Gasteiger partial charge in [0.2, 0.25) is 5.91 Å². The Balaban J connectivity index is 1.59. The Morgan fingerprint density at radius 2 is 1.61 bits per heavy atom. The molecule has 162 valence electrons. The fourth-order valence-electron chi connectivity index (χ4n) is 5.52. The highest BCUT2D eigenvalue weighted by Gasteiger charge is 2.37. The van der Waals surface area contributed by atoms with Crippen molar-refractivity contribution < 1.29 is 9.53 Å². The molecule has 0 radical (unpaired) electrons. The molecule has 3 aliphatic heterocycles. The molecular weight excluding hydrogens is 350 g/mol. The number of rotatable bonds is 5. The quantitative estimate of drug-likeness (QED) is 0.719. The van der Waals surface area contributed by atoms with Crippen LogP contribution in [0.15, 0.2) is 0 Å². The number of hydrogen-bond acceptors (Lipinski definition) is 4. The summed E-state index contributed by atoms with van der Waals surface area (Å²) in [5, 5.41) is 0. The number of nitrogens with zero attached hydrogens (tertiary/aromatic N) is 3. The minimum absolute atomic E-state index is 0.0108. The number of likely N-dealkylation sites (tertiary alicyclic amines) is 2. The molecule has 28 heavy (non-hydrogen) atoms. The monoisotopic (exact) mass is 393 g/mol. The predicted molar refractivity (Wildman–Crippen MR) is 114 cm³/mol. The first-order chi connectivity index (χ1) is 13.3. The highest BCUT2D eigenvalue weighted by atomic mass is 16.5. The molecule has 0 aromatic rings. The number of ether oxygens (including phenoxy) is 1. The zero-order chi connectivity index (χ0) is 20.3. The molecule has 0 unspecified atom stereocenters. The van der Waals surface area contributed by atoms with Gasteiger partial charge >= 0.3 is 0 Å². The van der Waals surface area contributed by atoms with Crippen LogP contribution in [-0.4, -0.2) is 84.7 Å². The summed E-state index contributed by atoms with van der Waals surface area (Å²) in [6.45, 7) is 18.3. The molecule has 3 fully saturated rings. The highest BCUT2D eigenvalue weighted by Crippen LogP contribution is 2.25. The molecule has 1 amide bonds. The van der Waals surface area contributed by atoms with Crippen LogP contribution in [0.5, 0.6) is 0 Å². The lowest BCUT2D eigenvalue weighted by Crippen LogP contribution is -2.59. The largest absolute Gasteiger partial charge is 0.373 e. The lowest BCUT2D eigenvalue weighted by atomic mass is 9.92. The summed E-state index contributed by atoms with van der Waals surface area (Å²) in [7, 11) is 0. The van der Waals surface area contributed by atoms with Crippen molar-refractivity contribution in [2.75, 3.05) is 45.8 Å². The first-order valence-electron chi connectivity index (χ1n) is 11.7. The van der Waals surface area contributed by atoms with Gasteiger partial charge in [0.15, 0.2) is 0 Å². The average Bonchev–Trinajstić information content (AvgIpc) is 2.63. The molecule has 3 aliphatic rings. The Hall–Kier alpha value is -0.650. The topological polar surface area (TPSA) is 36.0 Å². The van der Waals surface area contributed by atoms with Gasteiger partial charge in [-0.15, -0.1) is 0 Å². The molecule has 3 heterocycles. The molecule has 0 aromatic heterocycles. The second-order valence-electron chi connectivity index (χ2n) is 10.2. The number of carbonyl (C=O) groups is 1. The Bertz CT molecular complexity index is 494. The van der Waals surface area contributed by atoms with E-state index in [1.807, 2.05) is 0 Å². The van der Waals surface area contributed by atoms with Crippen LogP contribution in [-0.2, 0) is 9.53 Å². The van der Waals surface area contributed by atoms with Gasteiger partial charge in [0.1, 0.15) is 0 Å². The van der Waals surface area contributed by atoms with Crippen LogP contribution in [0.25, 0.3) is 0 Å². The third kappa shape index (κ3) is 5.70. The van der Waals surface area contributed by atoms with Gasteiger partial charge in [-0.3, -0.25) is 9.69 Å². The lowest BCUT2D eigenvalue weighted by Gasteiger charge is -2.44. The molecule has 0 aromatic carbocycles. The van der Waals surface area contributed by atoms with Crippen LogP contribution in [0, 0.1) is 17.8 Å². The van der Waals surface area contributed by atoms with E-state index in [0.717, 1.165) is 38.5 Å². The van der Waals surface area contributed by atoms with Crippen molar-refractivity contribution in [1.82, 2.24) is 14.7 Å². The van der Waals surface area contributed by atoms with E-state index in [-0.39, 0.29) is 18.2 Å². The number of hydrogen-bond donors (Lipinski definition) is 0. The Labute approximate surface area is 172 Å². The summed E-state index contributed by atoms with van der Waals surface area (Å²) in [5.41, 5.74) is 0. The van der Waals surface area contributed by atoms with Crippen molar-refractivity contribution in [2.24, 2.45) is 17.8 Å². The van der Waals surface area contributed by atoms with Gasteiger partial charge < -0.3 is 14.5 Å². The third-order valence-corrected chi connectivity index (χ3v) is 6.95. The lowest BCUT2D eigenvalue weighted by molar-refractivity contribution is -0.147. The summed E-state index contributed by atoms with van der Waals surface area (Å²) in [4.78, 5) is 20.8. The average molecular weight is 394 g/mol. The van der Waals surface area contributed by atoms with Crippen molar-refractivity contribution in [3.8, 4) is 0 Å². The van der Waals surface area contributed by atoms with E-state index >= 15 is 0 Å². The normalized spacial score (nSPS) is 32.6. The summed E-state index contributed by atoms with van der Waals surface area (Å²) < 4.78 is 5.91. The van der Waals surface area contributed by atoms with E-state index in [1.54, 1.807) is 0 Å². The zero-order valence-corrected chi connectivity index (χ0v) is 18.9. The Kier molecular flexibility index (Phi) is 7.80. The van der Waals surface area contributed by atoms with Crippen LogP contribution in [0.1, 0.15) is 60.3 Å². The molecule has 5 nitrogen and oxygen atoms in total. The number of amides is 1. The van der Waals surface area contributed by atoms with Crippen LogP contribution < -0.4 is 0 Å². The van der Waals surface area contributed by atoms with Crippen molar-refractivity contribution >= 4 is 5.91 Å². The number of piperidine rings is 2. The van der Waals surface area contributed by atoms with Gasteiger partial charge in [-0.2, -0.15) is 0 Å². The van der Waals surface area contributed by atoms with Crippen LogP contribution >= 0.6 is 0 Å². The van der Waals surface area contributed by atoms with Gasteiger partial charge in [0.25, 0.3) is 0 Å². The molecule has 0 N–H and O–H groups in total. The van der Waals surface area contributed by atoms with Gasteiger partial charge in [-0.25, -0.2) is 0 Å². The van der Waals surface area contributed by atoms with E-state index in [9.17, 15) is 4.79 Å². The summed E-state index contributed by atoms with van der Waals surface area (Å²) >= 11 is 0. The summed E-state index contributed by atoms with van der Waals surface area (Å²) in [5.74, 6) is 2.20. The van der Waals surface area contributed by atoms with E-state index in [2.05, 4.69) is 49.3 Å². The maximum absolute atomic E-state index is 13.6. The maximum atomic E-state index is 13.6. The van der Waals surface area contributed by atoms with Crippen molar-refractivity contribution in [2.45, 2.75) is 78.6 Å². The summed E-state index contributed by atoms with van der Waals surface area (Å²) in [6.07, 6.45) is 5.49. The molecule has 0 saturated carbocycles. The van der Waals surface area contributed by atoms with Gasteiger partial charge in [-0.1, -0.05) is 20.8 Å². The van der Waals surface area contributed by atoms with Gasteiger partial charge in [-0.05, 0) is 70.4 Å². The Morgan fingerprint density at radius 1 is 0.964 bits per heavy atom. The SMILES string of the molecule is CC1CCN(C[C@@H]2CCCN(C(=O)[C@@H](C(C)C)N3C[C@@H](C)O[C@@H](C)C3)C2)CC1. The first kappa shape index (κ1) is 22.0. The van der Waals surface area contributed by atoms with Crippen molar-refractivity contribution in [1.29, 1.82) is 0 Å². The molecule has 4 atom stereocenters. The number of carbonyl (C=O) groups excluding carboxylic acids is 1. The van der Waals surface area contributed by atoms with Crippen molar-refractivity contribution in [3.05, 3.63) is 0 Å². The van der Waals surface area contributed by atoms with Crippen LogP contribution in [0.3, 0.4) is 0 Å². The highest BCUT2D eigenvalue weighted by molar-refractivity contribution is 5.82. The molecule has 5 heteroatoms. The van der Waals surface area contributed by atoms with Crippen molar-refractivity contribution in [3.63, 3.8) is 0 Å². The van der Waals surface area contributed by atoms with E-state index in [4.69, 9.17) is 4.74 Å². The zero-order valence-electron chi connectivity index (χ0n) is 18.9. The predicted octanol–water partition coefficient (Wildman–Crippen LogP) is 3.09. The standard InChI is InChI=1S/C23H43N3O2/c1-17(2)22(26-13-19(4)28-20(5)14-26)23(27)25-10-6-7-21(16-25)15-24-11-8-18(3)9-12-24/h17-22H,6-16H2,1-5H3/t19-,20+,21-,22+/m0/s1. The molecular formula is C23H43N3O2. The fraction of sp³-hybridized carbons (Fsp3) is 0.957. The van der Waals surface area contributed by atoms with E-state index in [0.29, 0.717) is 17.7 Å². The van der Waals surface area contributed by atoms with E-state index in [1.165, 1.54) is 38.9 Å². The minimum atomic E-state index is -0.0108. The molecule has 0 spiro atoms. The fourth-order valence-corrected chi connectivity index (χ4v) is 5.52. The number of morpholine rings is 1. The first-order valence-corrected chi connectivity index (χ1v) is 11.7. The van der Waals surface area contributed by atoms with Gasteiger partial charge in [0.05, 0.1) is 18.2 Å². The Morgan fingerprint density at radius 3 is 2.21 bits per heavy atom. The molecule has 0 bridgehead atoms. The van der Waals surface area contributed by atoms with Crippen LogP contribution in [0.4, 0.5) is 0 Å². The van der Waals surface area contributed by atoms with E-state index < -0.39 is 0 Å². The maximum Gasteiger partial charge on any atom is 0.240 e. The molecule has 3 rings (SSSR count). The summed E-state index contributed by atoms with van der Waals surface area (Å²) in [6, 6.07) is -0.0108. The van der Waals surface area contributed by atoms with Gasteiger partial charge in [0, 0.05) is 32.7 Å². The second-order valence-corrected chi connectivity index (χ2v) is 10.2. The van der Waals surface area contributed by atoms with Crippen LogP contribution in [0.2, 0.25) is 0 Å². The second kappa shape index (κ2) is 9.90. The smallest absolute Gasteiger partial charge is 0.240 e. The molecule has 0 aliphatic carbocycles. The minimum Gasteiger partial charge on any atom is -0.373 e. The molecule has 3 saturated heterocycles. The third-order valence-electron chi connectivity index (χ3n) is 6.95.